The third-order valence-electron chi connectivity index (χ3n) is 1.93. The van der Waals surface area contributed by atoms with Gasteiger partial charge in [0.25, 0.3) is 6.47 Å². The van der Waals surface area contributed by atoms with E-state index in [9.17, 15) is 4.79 Å². The van der Waals surface area contributed by atoms with Crippen molar-refractivity contribution >= 4 is 6.47 Å². The molecular weight excluding hydrogens is 152 g/mol. The average Bonchev–Trinajstić information content (AvgIpc) is 2.00. The van der Waals surface area contributed by atoms with Gasteiger partial charge in [-0.15, -0.1) is 0 Å². The fourth-order valence-corrected chi connectivity index (χ4v) is 1.16. The standard InChI is InChI=1S/C10H20O2/c1-9(2)5-4-6-10(3)7-12-8-11/h8-10H,4-7H2,1-3H3. The van der Waals surface area contributed by atoms with Crippen LogP contribution in [0.4, 0.5) is 0 Å². The lowest BCUT2D eigenvalue weighted by Gasteiger charge is -2.10. The number of carbonyl (C=O) groups is 1. The van der Waals surface area contributed by atoms with Gasteiger partial charge in [-0.25, -0.2) is 0 Å². The molecule has 0 saturated carbocycles. The van der Waals surface area contributed by atoms with Gasteiger partial charge >= 0.3 is 0 Å². The Morgan fingerprint density at radius 3 is 2.42 bits per heavy atom. The fraction of sp³-hybridized carbons (Fsp3) is 0.900. The highest BCUT2D eigenvalue weighted by Crippen LogP contribution is 2.12. The molecule has 0 heterocycles. The third-order valence-corrected chi connectivity index (χ3v) is 1.93. The summed E-state index contributed by atoms with van der Waals surface area (Å²) in [7, 11) is 0. The normalized spacial score (nSPS) is 13.0. The van der Waals surface area contributed by atoms with Crippen molar-refractivity contribution in [3.05, 3.63) is 0 Å². The third kappa shape index (κ3) is 7.58. The summed E-state index contributed by atoms with van der Waals surface area (Å²) < 4.78 is 4.67. The molecule has 1 atom stereocenters. The molecule has 0 aromatic rings. The van der Waals surface area contributed by atoms with E-state index in [-0.39, 0.29) is 0 Å². The average molecular weight is 172 g/mol. The molecule has 0 amide bonds. The quantitative estimate of drug-likeness (QED) is 0.552. The Balaban J connectivity index is 3.18. The molecule has 12 heavy (non-hydrogen) atoms. The van der Waals surface area contributed by atoms with Gasteiger partial charge in [-0.2, -0.15) is 0 Å². The van der Waals surface area contributed by atoms with Crippen molar-refractivity contribution in [1.29, 1.82) is 0 Å². The first-order valence-electron chi connectivity index (χ1n) is 4.72. The summed E-state index contributed by atoms with van der Waals surface area (Å²) in [6.45, 7) is 7.67. The summed E-state index contributed by atoms with van der Waals surface area (Å²) >= 11 is 0. The molecule has 0 spiro atoms. The molecular formula is C10H20O2. The fourth-order valence-electron chi connectivity index (χ4n) is 1.16. The first kappa shape index (κ1) is 11.5. The van der Waals surface area contributed by atoms with Crippen LogP contribution in [0.25, 0.3) is 0 Å². The van der Waals surface area contributed by atoms with Crippen LogP contribution >= 0.6 is 0 Å². The lowest BCUT2D eigenvalue weighted by molar-refractivity contribution is -0.129. The lowest BCUT2D eigenvalue weighted by atomic mass is 10.0. The molecule has 0 bridgehead atoms. The molecule has 0 aliphatic rings. The predicted molar refractivity (Wildman–Crippen MR) is 49.9 cm³/mol. The Morgan fingerprint density at radius 1 is 1.25 bits per heavy atom. The maximum absolute atomic E-state index is 9.87. The lowest BCUT2D eigenvalue weighted by Crippen LogP contribution is -2.05. The highest BCUT2D eigenvalue weighted by atomic mass is 16.5. The van der Waals surface area contributed by atoms with E-state index in [1.807, 2.05) is 0 Å². The minimum absolute atomic E-state index is 0.508. The zero-order chi connectivity index (χ0) is 9.40. The maximum Gasteiger partial charge on any atom is 0.293 e. The van der Waals surface area contributed by atoms with Gasteiger partial charge in [0.05, 0.1) is 6.61 Å². The number of carbonyl (C=O) groups excluding carboxylic acids is 1. The molecule has 0 N–H and O–H groups in total. The Morgan fingerprint density at radius 2 is 1.92 bits per heavy atom. The monoisotopic (exact) mass is 172 g/mol. The molecule has 72 valence electrons. The number of hydrogen-bond acceptors (Lipinski definition) is 2. The van der Waals surface area contributed by atoms with Crippen molar-refractivity contribution in [1.82, 2.24) is 0 Å². The molecule has 0 fully saturated rings. The van der Waals surface area contributed by atoms with E-state index in [0.717, 1.165) is 12.3 Å². The Hall–Kier alpha value is -0.530. The largest absolute Gasteiger partial charge is 0.468 e. The molecule has 0 aromatic heterocycles. The Bertz CT molecular complexity index is 110. The summed E-state index contributed by atoms with van der Waals surface area (Å²) in [5.74, 6) is 1.29. The zero-order valence-corrected chi connectivity index (χ0v) is 8.38. The van der Waals surface area contributed by atoms with Crippen LogP contribution < -0.4 is 0 Å². The van der Waals surface area contributed by atoms with Gasteiger partial charge in [-0.3, -0.25) is 4.79 Å². The molecule has 1 unspecified atom stereocenters. The van der Waals surface area contributed by atoms with Gasteiger partial charge in [0, 0.05) is 0 Å². The van der Waals surface area contributed by atoms with E-state index in [2.05, 4.69) is 25.5 Å². The molecule has 0 radical (unpaired) electrons. The van der Waals surface area contributed by atoms with Crippen LogP contribution in [0.3, 0.4) is 0 Å². The molecule has 0 aliphatic heterocycles. The smallest absolute Gasteiger partial charge is 0.293 e. The van der Waals surface area contributed by atoms with Gasteiger partial charge < -0.3 is 4.74 Å². The number of hydrogen-bond donors (Lipinski definition) is 0. The van der Waals surface area contributed by atoms with E-state index in [1.54, 1.807) is 0 Å². The summed E-state index contributed by atoms with van der Waals surface area (Å²) in [6.07, 6.45) is 3.67. The zero-order valence-electron chi connectivity index (χ0n) is 8.38. The van der Waals surface area contributed by atoms with E-state index >= 15 is 0 Å². The van der Waals surface area contributed by atoms with Gasteiger partial charge in [-0.1, -0.05) is 33.6 Å². The first-order valence-corrected chi connectivity index (χ1v) is 4.72. The van der Waals surface area contributed by atoms with Crippen molar-refractivity contribution in [2.75, 3.05) is 6.61 Å². The van der Waals surface area contributed by atoms with Crippen LogP contribution in [-0.4, -0.2) is 13.1 Å². The van der Waals surface area contributed by atoms with E-state index < -0.39 is 0 Å². The van der Waals surface area contributed by atoms with Gasteiger partial charge in [0.15, 0.2) is 0 Å². The summed E-state index contributed by atoms with van der Waals surface area (Å²) in [5, 5.41) is 0. The van der Waals surface area contributed by atoms with Crippen LogP contribution in [0.5, 0.6) is 0 Å². The van der Waals surface area contributed by atoms with E-state index in [0.29, 0.717) is 19.0 Å². The van der Waals surface area contributed by atoms with Crippen molar-refractivity contribution < 1.29 is 9.53 Å². The van der Waals surface area contributed by atoms with Crippen LogP contribution in [0.1, 0.15) is 40.0 Å². The molecule has 0 rings (SSSR count). The maximum atomic E-state index is 9.87. The second kappa shape index (κ2) is 7.14. The molecule has 2 nitrogen and oxygen atoms in total. The summed E-state index contributed by atoms with van der Waals surface area (Å²) in [4.78, 5) is 9.87. The van der Waals surface area contributed by atoms with Crippen LogP contribution in [0, 0.1) is 11.8 Å². The Kier molecular flexibility index (Phi) is 6.82. The van der Waals surface area contributed by atoms with Crippen LogP contribution in [-0.2, 0) is 9.53 Å². The number of rotatable bonds is 7. The second-order valence-corrected chi connectivity index (χ2v) is 3.86. The summed E-state index contributed by atoms with van der Waals surface area (Å²) in [6, 6.07) is 0. The predicted octanol–water partition coefficient (Wildman–Crippen LogP) is 2.62. The Labute approximate surface area is 75.3 Å². The number of ether oxygens (including phenoxy) is 1. The minimum atomic E-state index is 0.508. The van der Waals surface area contributed by atoms with Crippen molar-refractivity contribution in [3.63, 3.8) is 0 Å². The molecule has 0 aromatic carbocycles. The van der Waals surface area contributed by atoms with Crippen molar-refractivity contribution in [2.45, 2.75) is 40.0 Å². The molecule has 0 aliphatic carbocycles. The first-order chi connectivity index (χ1) is 5.66. The second-order valence-electron chi connectivity index (χ2n) is 3.86. The topological polar surface area (TPSA) is 26.3 Å². The minimum Gasteiger partial charge on any atom is -0.468 e. The molecule has 2 heteroatoms. The van der Waals surface area contributed by atoms with Crippen LogP contribution in [0.15, 0.2) is 0 Å². The van der Waals surface area contributed by atoms with Crippen molar-refractivity contribution in [2.24, 2.45) is 11.8 Å². The van der Waals surface area contributed by atoms with Crippen LogP contribution in [0.2, 0.25) is 0 Å². The molecule has 0 saturated heterocycles. The van der Waals surface area contributed by atoms with E-state index in [1.165, 1.54) is 12.8 Å². The summed E-state index contributed by atoms with van der Waals surface area (Å²) in [5.41, 5.74) is 0. The van der Waals surface area contributed by atoms with E-state index in [4.69, 9.17) is 0 Å². The van der Waals surface area contributed by atoms with Gasteiger partial charge in [-0.05, 0) is 18.3 Å². The highest BCUT2D eigenvalue weighted by molar-refractivity contribution is 5.36. The van der Waals surface area contributed by atoms with Gasteiger partial charge in [0.1, 0.15) is 0 Å². The van der Waals surface area contributed by atoms with Gasteiger partial charge in [0.2, 0.25) is 0 Å². The SMILES string of the molecule is CC(C)CCCC(C)COC=O. The van der Waals surface area contributed by atoms with Crippen molar-refractivity contribution in [3.8, 4) is 0 Å². The highest BCUT2D eigenvalue weighted by Gasteiger charge is 2.02.